The van der Waals surface area contributed by atoms with Gasteiger partial charge < -0.3 is 10.3 Å². The molecule has 2 aromatic carbocycles. The zero-order chi connectivity index (χ0) is 13.4. The lowest BCUT2D eigenvalue weighted by Gasteiger charge is -2.03. The molecule has 1 aromatic heterocycles. The number of nitrogens with zero attached hydrogens (tertiary/aromatic N) is 1. The van der Waals surface area contributed by atoms with Crippen molar-refractivity contribution in [3.8, 4) is 11.1 Å². The van der Waals surface area contributed by atoms with Crippen molar-refractivity contribution in [2.75, 3.05) is 0 Å². The summed E-state index contributed by atoms with van der Waals surface area (Å²) in [5.41, 5.74) is 12.1. The molecule has 0 unspecified atom stereocenters. The molecule has 0 bridgehead atoms. The minimum Gasteiger partial charge on any atom is -0.348 e. The minimum absolute atomic E-state index is 0.585. The Morgan fingerprint density at radius 3 is 2.42 bits per heavy atom. The molecular weight excluding hydrogens is 232 g/mol. The van der Waals surface area contributed by atoms with E-state index in [2.05, 4.69) is 61.0 Å². The van der Waals surface area contributed by atoms with Crippen molar-refractivity contribution in [3.63, 3.8) is 0 Å². The smallest absolute Gasteiger partial charge is 0.0483 e. The summed E-state index contributed by atoms with van der Waals surface area (Å²) >= 11 is 0. The average Bonchev–Trinajstić information content (AvgIpc) is 2.71. The van der Waals surface area contributed by atoms with Crippen LogP contribution in [-0.4, -0.2) is 4.57 Å². The third kappa shape index (κ3) is 1.85. The van der Waals surface area contributed by atoms with Crippen molar-refractivity contribution < 1.29 is 0 Å². The van der Waals surface area contributed by atoms with Crippen LogP contribution in [0.5, 0.6) is 0 Å². The molecule has 0 saturated heterocycles. The molecule has 96 valence electrons. The van der Waals surface area contributed by atoms with Gasteiger partial charge in [-0.1, -0.05) is 36.4 Å². The van der Waals surface area contributed by atoms with E-state index in [4.69, 9.17) is 5.73 Å². The van der Waals surface area contributed by atoms with Gasteiger partial charge in [0, 0.05) is 30.2 Å². The van der Waals surface area contributed by atoms with E-state index in [0.717, 1.165) is 0 Å². The summed E-state index contributed by atoms with van der Waals surface area (Å²) in [7, 11) is 2.10. The van der Waals surface area contributed by atoms with E-state index in [1.54, 1.807) is 0 Å². The molecule has 0 saturated carbocycles. The van der Waals surface area contributed by atoms with Crippen LogP contribution >= 0.6 is 0 Å². The Balaban J connectivity index is 2.26. The van der Waals surface area contributed by atoms with Gasteiger partial charge in [-0.2, -0.15) is 0 Å². The summed E-state index contributed by atoms with van der Waals surface area (Å²) in [4.78, 5) is 0. The summed E-state index contributed by atoms with van der Waals surface area (Å²) in [6.45, 7) is 2.71. The molecule has 0 radical (unpaired) electrons. The Kier molecular flexibility index (Phi) is 2.88. The molecule has 0 aliphatic carbocycles. The van der Waals surface area contributed by atoms with Crippen molar-refractivity contribution >= 4 is 10.9 Å². The van der Waals surface area contributed by atoms with Gasteiger partial charge in [0.2, 0.25) is 0 Å². The lowest BCUT2D eigenvalue weighted by molar-refractivity contribution is 0.894. The van der Waals surface area contributed by atoms with Crippen molar-refractivity contribution in [1.29, 1.82) is 0 Å². The lowest BCUT2D eigenvalue weighted by atomic mass is 10.0. The topological polar surface area (TPSA) is 30.9 Å². The van der Waals surface area contributed by atoms with Gasteiger partial charge in [-0.05, 0) is 35.7 Å². The van der Waals surface area contributed by atoms with Gasteiger partial charge in [0.05, 0.1) is 0 Å². The molecule has 1 heterocycles. The molecular formula is C17H18N2. The molecule has 0 aliphatic heterocycles. The van der Waals surface area contributed by atoms with Gasteiger partial charge in [-0.25, -0.2) is 0 Å². The van der Waals surface area contributed by atoms with E-state index >= 15 is 0 Å². The summed E-state index contributed by atoms with van der Waals surface area (Å²) in [5, 5.41) is 1.27. The van der Waals surface area contributed by atoms with E-state index in [1.165, 1.54) is 33.3 Å². The van der Waals surface area contributed by atoms with Gasteiger partial charge >= 0.3 is 0 Å². The Morgan fingerprint density at radius 1 is 1.00 bits per heavy atom. The first-order valence-electron chi connectivity index (χ1n) is 6.55. The van der Waals surface area contributed by atoms with Crippen LogP contribution < -0.4 is 5.73 Å². The monoisotopic (exact) mass is 250 g/mol. The lowest BCUT2D eigenvalue weighted by Crippen LogP contribution is -1.98. The molecule has 3 aromatic rings. The predicted octanol–water partition coefficient (Wildman–Crippen LogP) is 3.61. The number of hydrogen-bond donors (Lipinski definition) is 1. The number of aryl methyl sites for hydroxylation is 1. The first kappa shape index (κ1) is 12.0. The number of hydrogen-bond acceptors (Lipinski definition) is 1. The van der Waals surface area contributed by atoms with Crippen molar-refractivity contribution in [3.05, 3.63) is 59.8 Å². The van der Waals surface area contributed by atoms with Crippen LogP contribution in [-0.2, 0) is 13.6 Å². The maximum absolute atomic E-state index is 5.91. The van der Waals surface area contributed by atoms with E-state index in [9.17, 15) is 0 Å². The molecule has 19 heavy (non-hydrogen) atoms. The molecule has 0 aliphatic rings. The summed E-state index contributed by atoms with van der Waals surface area (Å²) in [5.74, 6) is 0. The fourth-order valence-corrected chi connectivity index (χ4v) is 2.72. The average molecular weight is 250 g/mol. The maximum atomic E-state index is 5.91. The summed E-state index contributed by atoms with van der Waals surface area (Å²) in [6, 6.07) is 17.1. The van der Waals surface area contributed by atoms with Gasteiger partial charge in [-0.15, -0.1) is 0 Å². The van der Waals surface area contributed by atoms with Gasteiger partial charge in [0.25, 0.3) is 0 Å². The highest BCUT2D eigenvalue weighted by Crippen LogP contribution is 2.29. The molecule has 3 rings (SSSR count). The van der Waals surface area contributed by atoms with Crippen molar-refractivity contribution in [1.82, 2.24) is 4.57 Å². The Morgan fingerprint density at radius 2 is 1.74 bits per heavy atom. The highest BCUT2D eigenvalue weighted by atomic mass is 14.9. The molecule has 0 atom stereocenters. The Hall–Kier alpha value is -2.06. The number of rotatable bonds is 2. The zero-order valence-electron chi connectivity index (χ0n) is 11.4. The normalized spacial score (nSPS) is 11.1. The molecule has 2 heteroatoms. The van der Waals surface area contributed by atoms with Crippen molar-refractivity contribution in [2.24, 2.45) is 12.8 Å². The number of benzene rings is 2. The largest absolute Gasteiger partial charge is 0.348 e. The van der Waals surface area contributed by atoms with E-state index in [0.29, 0.717) is 6.54 Å². The third-order valence-electron chi connectivity index (χ3n) is 3.93. The van der Waals surface area contributed by atoms with Crippen LogP contribution in [0.1, 0.15) is 11.3 Å². The second-order valence-electron chi connectivity index (χ2n) is 4.93. The van der Waals surface area contributed by atoms with Crippen LogP contribution in [0, 0.1) is 6.92 Å². The Bertz CT molecular complexity index is 724. The third-order valence-corrected chi connectivity index (χ3v) is 3.93. The number of nitrogens with two attached hydrogens (primary N) is 1. The highest BCUT2D eigenvalue weighted by Gasteiger charge is 2.11. The predicted molar refractivity (Wildman–Crippen MR) is 81.0 cm³/mol. The van der Waals surface area contributed by atoms with Crippen LogP contribution in [0.15, 0.2) is 48.5 Å². The number of fused-ring (bicyclic) bond motifs is 1. The van der Waals surface area contributed by atoms with Gasteiger partial charge in [0.15, 0.2) is 0 Å². The van der Waals surface area contributed by atoms with E-state index in [1.807, 2.05) is 6.07 Å². The quantitative estimate of drug-likeness (QED) is 0.740. The van der Waals surface area contributed by atoms with E-state index < -0.39 is 0 Å². The minimum atomic E-state index is 0.585. The molecule has 0 fully saturated rings. The maximum Gasteiger partial charge on any atom is 0.0483 e. The molecule has 2 N–H and O–H groups in total. The summed E-state index contributed by atoms with van der Waals surface area (Å²) < 4.78 is 2.21. The van der Waals surface area contributed by atoms with Crippen LogP contribution in [0.25, 0.3) is 22.0 Å². The second-order valence-corrected chi connectivity index (χ2v) is 4.93. The molecule has 0 amide bonds. The van der Waals surface area contributed by atoms with Crippen LogP contribution in [0.4, 0.5) is 0 Å². The van der Waals surface area contributed by atoms with E-state index in [-0.39, 0.29) is 0 Å². The highest BCUT2D eigenvalue weighted by molar-refractivity contribution is 5.89. The first-order chi connectivity index (χ1) is 9.22. The van der Waals surface area contributed by atoms with Crippen molar-refractivity contribution in [2.45, 2.75) is 13.5 Å². The van der Waals surface area contributed by atoms with Gasteiger partial charge in [0.1, 0.15) is 0 Å². The van der Waals surface area contributed by atoms with Crippen LogP contribution in [0.3, 0.4) is 0 Å². The fraction of sp³-hybridized carbons (Fsp3) is 0.176. The zero-order valence-corrected chi connectivity index (χ0v) is 11.4. The van der Waals surface area contributed by atoms with Crippen LogP contribution in [0.2, 0.25) is 0 Å². The fourth-order valence-electron chi connectivity index (χ4n) is 2.72. The SMILES string of the molecule is Cc1c(CN)c2cc(-c3ccccc3)ccc2n1C. The van der Waals surface area contributed by atoms with Gasteiger partial charge in [-0.3, -0.25) is 0 Å². The first-order valence-corrected chi connectivity index (χ1v) is 6.55. The molecule has 0 spiro atoms. The summed E-state index contributed by atoms with van der Waals surface area (Å²) in [6.07, 6.45) is 0. The second kappa shape index (κ2) is 4.56. The molecule has 2 nitrogen and oxygen atoms in total. The number of aromatic nitrogens is 1. The Labute approximate surface area is 113 Å². The standard InChI is InChI=1S/C17H18N2/c1-12-16(11-18)15-10-14(8-9-17(15)19(12)2)13-6-4-3-5-7-13/h3-10H,11,18H2,1-2H3.